The molecule has 0 atom stereocenters. The number of morpholine rings is 2. The standard InChI is InChI=1S/C26H31N7.C26H30N6O.C25H29N7.C25H28N6O2/c1-19-15-22(21-5-3-4-6-24(21)30-19)23-17-29-33-18-20(16-28-25(23)33)31-11-13-32(14-12-31)26(2)7-9-27-10-8-26;1-18-13-23-22(3-6-27-25(23)14-19(18)2)24-16-29-32-17-21(15-28-26(24)32)30-7-4-20(5-8-30)31-9-11-33-12-10-31;1-18-14-22(21-4-2-3-5-24(21)29-18)23-16-28-32-17-20(15-27-25(23)32)30-10-6-19(7-11-30)31-12-8-26-9-13-31;1-28-17-23(20-4-2-3-5-21(20)25(28)32)22-15-27-31-16-19(14-26-24(22)31)29-8-6-18(7-9-29)30-10-12-33-13-11-30/h3-6,15-18,27H,7-14H2,1-2H3;3,6,13-17,20H,4-5,7-12H2,1-2H3;2-5,14-17,19,26H,6-13H2,1H3;2-5,14-18H,6-13H2,1H3. The van der Waals surface area contributed by atoms with Crippen LogP contribution in [0.2, 0.25) is 0 Å². The van der Waals surface area contributed by atoms with Gasteiger partial charge in [0.2, 0.25) is 0 Å². The van der Waals surface area contributed by atoms with E-state index in [0.717, 1.165) is 296 Å². The predicted molar refractivity (Wildman–Crippen MR) is 521 cm³/mol. The lowest BCUT2D eigenvalue weighted by Crippen LogP contribution is -2.59. The zero-order valence-corrected chi connectivity index (χ0v) is 76.2. The summed E-state index contributed by atoms with van der Waals surface area (Å²) in [5.41, 5.74) is 24.3. The molecule has 20 heterocycles. The van der Waals surface area contributed by atoms with Crippen molar-refractivity contribution in [2.45, 2.75) is 110 Å². The van der Waals surface area contributed by atoms with Crippen LogP contribution in [0, 0.1) is 27.7 Å². The smallest absolute Gasteiger partial charge is 0.258 e. The normalized spacial score (nSPS) is 18.7. The Balaban J connectivity index is 0.000000105. The summed E-state index contributed by atoms with van der Waals surface area (Å²) in [7, 11) is 1.79. The van der Waals surface area contributed by atoms with E-state index in [1.165, 1.54) is 62.7 Å². The Morgan fingerprint density at radius 2 is 0.733 bits per heavy atom. The van der Waals surface area contributed by atoms with Crippen molar-refractivity contribution < 1.29 is 9.47 Å². The fourth-order valence-electron chi connectivity index (χ4n) is 21.4. The van der Waals surface area contributed by atoms with Crippen molar-refractivity contribution >= 4 is 88.8 Å². The minimum Gasteiger partial charge on any atom is -0.379 e. The maximum Gasteiger partial charge on any atom is 0.258 e. The number of pyridine rings is 4. The van der Waals surface area contributed by atoms with Gasteiger partial charge >= 0.3 is 0 Å². The van der Waals surface area contributed by atoms with E-state index in [1.54, 1.807) is 11.6 Å². The molecule has 0 unspecified atom stereocenters. The second kappa shape index (κ2) is 37.5. The topological polar surface area (TPSA) is 250 Å². The Morgan fingerprint density at radius 1 is 0.351 bits per heavy atom. The van der Waals surface area contributed by atoms with Crippen molar-refractivity contribution in [3.8, 4) is 44.5 Å². The van der Waals surface area contributed by atoms with Crippen LogP contribution in [-0.4, -0.2) is 278 Å². The number of aryl methyl sites for hydroxylation is 5. The first-order valence-corrected chi connectivity index (χ1v) is 47.3. The second-order valence-electron chi connectivity index (χ2n) is 37.0. The van der Waals surface area contributed by atoms with Crippen LogP contribution in [0.3, 0.4) is 0 Å². The molecule has 16 aromatic rings. The third kappa shape index (κ3) is 17.7. The molecular formula is C102H118N26O3. The second-order valence-corrected chi connectivity index (χ2v) is 37.0. The van der Waals surface area contributed by atoms with Crippen LogP contribution in [0.15, 0.2) is 195 Å². The Labute approximate surface area is 763 Å². The third-order valence-electron chi connectivity index (χ3n) is 29.0. The van der Waals surface area contributed by atoms with Gasteiger partial charge in [0, 0.05) is 222 Å². The number of para-hydroxylation sites is 2. The number of fused-ring (bicyclic) bond motifs is 8. The fraction of sp³-hybridized carbons (Fsp3) is 0.412. The van der Waals surface area contributed by atoms with Crippen LogP contribution in [0.25, 0.3) is 111 Å². The maximum absolute atomic E-state index is 12.6. The monoisotopic (exact) mass is 1750 g/mol. The number of hydrogen-bond donors (Lipinski definition) is 2. The van der Waals surface area contributed by atoms with Crippen LogP contribution < -0.4 is 35.8 Å². The van der Waals surface area contributed by atoms with Crippen molar-refractivity contribution in [3.63, 3.8) is 0 Å². The molecule has 674 valence electrons. The van der Waals surface area contributed by atoms with E-state index in [2.05, 4.69) is 197 Å². The van der Waals surface area contributed by atoms with Gasteiger partial charge in [-0.25, -0.2) is 38.0 Å². The molecule has 0 radical (unpaired) electrons. The van der Waals surface area contributed by atoms with Crippen molar-refractivity contribution in [3.05, 3.63) is 223 Å². The SMILES string of the molecule is Cc1cc(-c2cnn3cc(N4CCC(N5CCNCC5)CC4)cnc23)c2ccccc2n1.Cc1cc(-c2cnn3cc(N4CCN(C5(C)CCNCC5)CC4)cnc23)c2ccccc2n1.Cc1cc2nccc(-c3cnn4cc(N5CCC(N6CCOCC6)CC5)cnc34)c2cc1C.Cn1cc(-c2cnn3cc(N4CCC(N5CCOCC5)CC4)cnc23)c2ccccc2c1=O. The van der Waals surface area contributed by atoms with Crippen molar-refractivity contribution in [1.29, 1.82) is 0 Å². The van der Waals surface area contributed by atoms with Gasteiger partial charge < -0.3 is 44.3 Å². The summed E-state index contributed by atoms with van der Waals surface area (Å²) in [5, 5.41) is 30.6. The molecule has 0 saturated carbocycles. The van der Waals surface area contributed by atoms with Crippen LogP contribution >= 0.6 is 0 Å². The fourth-order valence-corrected chi connectivity index (χ4v) is 21.4. The number of piperidine rings is 4. The summed E-state index contributed by atoms with van der Waals surface area (Å²) in [6.45, 7) is 35.9. The lowest BCUT2D eigenvalue weighted by Gasteiger charge is -2.48. The summed E-state index contributed by atoms with van der Waals surface area (Å²) in [6.07, 6.45) is 37.5. The first-order valence-electron chi connectivity index (χ1n) is 47.3. The minimum absolute atomic E-state index is 0.00144. The molecule has 2 N–H and O–H groups in total. The molecule has 8 saturated heterocycles. The van der Waals surface area contributed by atoms with E-state index < -0.39 is 0 Å². The largest absolute Gasteiger partial charge is 0.379 e. The zero-order valence-electron chi connectivity index (χ0n) is 76.2. The lowest BCUT2D eigenvalue weighted by atomic mass is 9.88. The lowest BCUT2D eigenvalue weighted by molar-refractivity contribution is 0.0115. The van der Waals surface area contributed by atoms with E-state index in [9.17, 15) is 4.79 Å². The van der Waals surface area contributed by atoms with Gasteiger partial charge in [-0.15, -0.1) is 0 Å². The third-order valence-corrected chi connectivity index (χ3v) is 29.0. The van der Waals surface area contributed by atoms with Crippen molar-refractivity contribution in [2.75, 3.05) is 177 Å². The average Bonchev–Trinajstić information content (AvgIpc) is 1.70. The number of nitrogens with one attached hydrogen (secondary N) is 2. The number of anilines is 4. The summed E-state index contributed by atoms with van der Waals surface area (Å²) in [5.74, 6) is 0. The van der Waals surface area contributed by atoms with Crippen LogP contribution in [0.1, 0.15) is 80.8 Å². The Hall–Kier alpha value is -12.3. The Kier molecular flexibility index (Phi) is 24.5. The molecule has 0 aliphatic carbocycles. The summed E-state index contributed by atoms with van der Waals surface area (Å²) >= 11 is 0. The molecule has 29 heteroatoms. The number of ether oxygens (including phenoxy) is 2. The quantitative estimate of drug-likeness (QED) is 0.115. The van der Waals surface area contributed by atoms with E-state index >= 15 is 0 Å². The molecule has 12 aromatic heterocycles. The van der Waals surface area contributed by atoms with Crippen LogP contribution in [0.5, 0.6) is 0 Å². The summed E-state index contributed by atoms with van der Waals surface area (Å²) < 4.78 is 20.3. The molecule has 24 rings (SSSR count). The van der Waals surface area contributed by atoms with E-state index in [-0.39, 0.29) is 5.56 Å². The highest BCUT2D eigenvalue weighted by Gasteiger charge is 2.37. The minimum atomic E-state index is 0.00144. The summed E-state index contributed by atoms with van der Waals surface area (Å²) in [4.78, 5) is 66.2. The highest BCUT2D eigenvalue weighted by atomic mass is 16.5. The number of nitrogens with zero attached hydrogens (tertiary/aromatic N) is 24. The van der Waals surface area contributed by atoms with E-state index in [1.807, 2.05) is 130 Å². The summed E-state index contributed by atoms with van der Waals surface area (Å²) in [6, 6.07) is 37.0. The highest BCUT2D eigenvalue weighted by Crippen LogP contribution is 2.39. The predicted octanol–water partition coefficient (Wildman–Crippen LogP) is 13.1. The Bertz CT molecular complexity index is 6840. The molecule has 0 amide bonds. The molecule has 29 nitrogen and oxygen atoms in total. The number of hydrogen-bond acceptors (Lipinski definition) is 24. The van der Waals surface area contributed by atoms with Crippen molar-refractivity contribution in [2.24, 2.45) is 7.05 Å². The number of aromatic nitrogens is 16. The van der Waals surface area contributed by atoms with E-state index in [4.69, 9.17) is 29.4 Å². The molecule has 0 spiro atoms. The van der Waals surface area contributed by atoms with Crippen molar-refractivity contribution in [1.82, 2.24) is 108 Å². The molecule has 8 fully saturated rings. The van der Waals surface area contributed by atoms with Crippen LogP contribution in [-0.2, 0) is 16.5 Å². The maximum atomic E-state index is 12.6. The average molecular weight is 1760 g/mol. The molecular weight excluding hydrogens is 1640 g/mol. The van der Waals surface area contributed by atoms with Gasteiger partial charge in [0.1, 0.15) is 0 Å². The molecule has 0 bridgehead atoms. The van der Waals surface area contributed by atoms with Gasteiger partial charge in [0.25, 0.3) is 5.56 Å². The van der Waals surface area contributed by atoms with Crippen LogP contribution in [0.4, 0.5) is 22.7 Å². The number of benzene rings is 4. The van der Waals surface area contributed by atoms with Gasteiger partial charge in [-0.1, -0.05) is 54.6 Å². The van der Waals surface area contributed by atoms with Gasteiger partial charge in [0.05, 0.1) is 140 Å². The van der Waals surface area contributed by atoms with E-state index in [0.29, 0.717) is 29.1 Å². The molecule has 4 aromatic carbocycles. The van der Waals surface area contributed by atoms with Gasteiger partial charge in [-0.2, -0.15) is 20.4 Å². The molecule has 131 heavy (non-hydrogen) atoms. The number of rotatable bonds is 12. The first-order chi connectivity index (χ1) is 64.2. The highest BCUT2D eigenvalue weighted by molar-refractivity contribution is 6.02. The zero-order chi connectivity index (χ0) is 88.6. The Morgan fingerprint density at radius 3 is 1.18 bits per heavy atom. The molecule has 8 aliphatic rings. The van der Waals surface area contributed by atoms with Gasteiger partial charge in [0.15, 0.2) is 22.6 Å². The number of piperazine rings is 2. The first kappa shape index (κ1) is 85.5. The van der Waals surface area contributed by atoms with Gasteiger partial charge in [-0.05, 0) is 181 Å². The molecule has 8 aliphatic heterocycles. The van der Waals surface area contributed by atoms with Gasteiger partial charge in [-0.3, -0.25) is 39.3 Å².